The van der Waals surface area contributed by atoms with Crippen molar-refractivity contribution in [1.29, 1.82) is 0 Å². The highest BCUT2D eigenvalue weighted by Gasteiger charge is 2.28. The Morgan fingerprint density at radius 1 is 1.37 bits per heavy atom. The Morgan fingerprint density at radius 3 is 2.58 bits per heavy atom. The van der Waals surface area contributed by atoms with Gasteiger partial charge < -0.3 is 15.2 Å². The molecule has 0 heterocycles. The third kappa shape index (κ3) is 3.70. The van der Waals surface area contributed by atoms with Crippen LogP contribution in [0.2, 0.25) is 0 Å². The summed E-state index contributed by atoms with van der Waals surface area (Å²) >= 11 is 0. The maximum Gasteiger partial charge on any atom is 0.223 e. The van der Waals surface area contributed by atoms with Crippen LogP contribution in [0.5, 0.6) is 5.75 Å². The lowest BCUT2D eigenvalue weighted by Gasteiger charge is -2.31. The summed E-state index contributed by atoms with van der Waals surface area (Å²) in [4.78, 5) is 11.6. The third-order valence-electron chi connectivity index (χ3n) is 3.46. The molecule has 19 heavy (non-hydrogen) atoms. The summed E-state index contributed by atoms with van der Waals surface area (Å²) < 4.78 is 5.68. The first-order chi connectivity index (χ1) is 9.06. The predicted octanol–water partition coefficient (Wildman–Crippen LogP) is 1.71. The van der Waals surface area contributed by atoms with E-state index in [9.17, 15) is 4.79 Å². The molecule has 4 nitrogen and oxygen atoms in total. The number of hydrogen-bond acceptors (Lipinski definition) is 3. The molecule has 1 aromatic rings. The number of rotatable bonds is 5. The van der Waals surface area contributed by atoms with Crippen molar-refractivity contribution in [2.24, 2.45) is 0 Å². The molecule has 0 aliphatic heterocycles. The Balaban J connectivity index is 1.72. The first-order valence-electron chi connectivity index (χ1n) is 6.72. The number of ether oxygens (including phenoxy) is 1. The van der Waals surface area contributed by atoms with E-state index in [4.69, 9.17) is 9.84 Å². The zero-order valence-corrected chi connectivity index (χ0v) is 11.5. The van der Waals surface area contributed by atoms with Crippen LogP contribution in [0.1, 0.15) is 30.4 Å². The number of aliphatic hydroxyl groups excluding tert-OH is 1. The van der Waals surface area contributed by atoms with Gasteiger partial charge in [0.1, 0.15) is 5.75 Å². The molecule has 0 radical (unpaired) electrons. The van der Waals surface area contributed by atoms with E-state index in [-0.39, 0.29) is 18.1 Å². The van der Waals surface area contributed by atoms with Crippen molar-refractivity contribution in [3.8, 4) is 5.75 Å². The smallest absolute Gasteiger partial charge is 0.223 e. The van der Waals surface area contributed by atoms with Gasteiger partial charge in [0.2, 0.25) is 5.91 Å². The Kier molecular flexibility index (Phi) is 4.43. The molecular formula is C15H21NO3. The van der Waals surface area contributed by atoms with Gasteiger partial charge in [-0.05, 0) is 37.8 Å². The second-order valence-corrected chi connectivity index (χ2v) is 5.21. The normalized spacial score (nSPS) is 21.6. The van der Waals surface area contributed by atoms with Crippen LogP contribution >= 0.6 is 0 Å². The maximum absolute atomic E-state index is 11.6. The van der Waals surface area contributed by atoms with E-state index in [1.165, 1.54) is 0 Å². The fraction of sp³-hybridized carbons (Fsp3) is 0.533. The van der Waals surface area contributed by atoms with Gasteiger partial charge in [0.05, 0.1) is 19.1 Å². The van der Waals surface area contributed by atoms with Crippen molar-refractivity contribution < 1.29 is 14.6 Å². The van der Waals surface area contributed by atoms with Crippen molar-refractivity contribution >= 4 is 5.91 Å². The summed E-state index contributed by atoms with van der Waals surface area (Å²) in [6.45, 7) is 4.38. The average molecular weight is 263 g/mol. The van der Waals surface area contributed by atoms with E-state index in [0.717, 1.165) is 16.9 Å². The highest BCUT2D eigenvalue weighted by molar-refractivity contribution is 5.76. The SMILES string of the molecule is Cc1cccc(C)c1OCCC(=O)NC1CC(O)C1. The standard InChI is InChI=1S/C15H21NO3/c1-10-4-3-5-11(2)15(10)19-7-6-14(18)16-12-8-13(17)9-12/h3-5,12-13,17H,6-9H2,1-2H3,(H,16,18). The molecule has 4 heteroatoms. The second kappa shape index (κ2) is 6.06. The van der Waals surface area contributed by atoms with Gasteiger partial charge in [0.25, 0.3) is 0 Å². The topological polar surface area (TPSA) is 58.6 Å². The average Bonchev–Trinajstić information content (AvgIpc) is 2.31. The number of para-hydroxylation sites is 1. The van der Waals surface area contributed by atoms with Crippen LogP contribution in [-0.4, -0.2) is 29.8 Å². The Labute approximate surface area is 113 Å². The van der Waals surface area contributed by atoms with Crippen molar-refractivity contribution in [3.63, 3.8) is 0 Å². The molecule has 1 aliphatic rings. The number of carbonyl (C=O) groups is 1. The lowest BCUT2D eigenvalue weighted by atomic mass is 9.89. The van der Waals surface area contributed by atoms with E-state index in [0.29, 0.717) is 25.9 Å². The zero-order chi connectivity index (χ0) is 13.8. The van der Waals surface area contributed by atoms with Gasteiger partial charge in [-0.3, -0.25) is 4.79 Å². The van der Waals surface area contributed by atoms with Crippen LogP contribution in [0.3, 0.4) is 0 Å². The van der Waals surface area contributed by atoms with Crippen LogP contribution in [0, 0.1) is 13.8 Å². The molecule has 0 atom stereocenters. The zero-order valence-electron chi connectivity index (χ0n) is 11.5. The highest BCUT2D eigenvalue weighted by atomic mass is 16.5. The minimum Gasteiger partial charge on any atom is -0.493 e. The van der Waals surface area contributed by atoms with Gasteiger partial charge in [0, 0.05) is 6.04 Å². The molecule has 0 saturated heterocycles. The van der Waals surface area contributed by atoms with E-state index in [2.05, 4.69) is 5.32 Å². The molecule has 104 valence electrons. The van der Waals surface area contributed by atoms with Crippen molar-refractivity contribution in [2.45, 2.75) is 45.3 Å². The highest BCUT2D eigenvalue weighted by Crippen LogP contribution is 2.22. The van der Waals surface area contributed by atoms with Crippen molar-refractivity contribution in [3.05, 3.63) is 29.3 Å². The summed E-state index contributed by atoms with van der Waals surface area (Å²) in [6.07, 6.45) is 1.45. The Bertz CT molecular complexity index is 432. The third-order valence-corrected chi connectivity index (χ3v) is 3.46. The monoisotopic (exact) mass is 263 g/mol. The van der Waals surface area contributed by atoms with Gasteiger partial charge >= 0.3 is 0 Å². The van der Waals surface area contributed by atoms with Gasteiger partial charge in [-0.25, -0.2) is 0 Å². The number of carbonyl (C=O) groups excluding carboxylic acids is 1. The molecule has 1 amide bonds. The van der Waals surface area contributed by atoms with Gasteiger partial charge in [-0.2, -0.15) is 0 Å². The molecule has 0 spiro atoms. The second-order valence-electron chi connectivity index (χ2n) is 5.21. The summed E-state index contributed by atoms with van der Waals surface area (Å²) in [5.74, 6) is 0.859. The predicted molar refractivity (Wildman–Crippen MR) is 73.2 cm³/mol. The molecule has 1 fully saturated rings. The summed E-state index contributed by atoms with van der Waals surface area (Å²) in [7, 11) is 0. The number of aryl methyl sites for hydroxylation is 2. The molecule has 1 saturated carbocycles. The quantitative estimate of drug-likeness (QED) is 0.850. The van der Waals surface area contributed by atoms with Gasteiger partial charge in [-0.1, -0.05) is 18.2 Å². The van der Waals surface area contributed by atoms with E-state index in [1.807, 2.05) is 32.0 Å². The molecule has 0 unspecified atom stereocenters. The van der Waals surface area contributed by atoms with Crippen LogP contribution in [0.25, 0.3) is 0 Å². The molecule has 2 N–H and O–H groups in total. The molecule has 0 bridgehead atoms. The van der Waals surface area contributed by atoms with Crippen LogP contribution < -0.4 is 10.1 Å². The van der Waals surface area contributed by atoms with Crippen LogP contribution in [-0.2, 0) is 4.79 Å². The van der Waals surface area contributed by atoms with E-state index in [1.54, 1.807) is 0 Å². The fourth-order valence-corrected chi connectivity index (χ4v) is 2.28. The van der Waals surface area contributed by atoms with Crippen LogP contribution in [0.15, 0.2) is 18.2 Å². The largest absolute Gasteiger partial charge is 0.493 e. The van der Waals surface area contributed by atoms with Crippen molar-refractivity contribution in [1.82, 2.24) is 5.32 Å². The summed E-state index contributed by atoms with van der Waals surface area (Å²) in [5.41, 5.74) is 2.17. The van der Waals surface area contributed by atoms with Crippen LogP contribution in [0.4, 0.5) is 0 Å². The molecule has 0 aromatic heterocycles. The van der Waals surface area contributed by atoms with E-state index >= 15 is 0 Å². The minimum atomic E-state index is -0.240. The molecule has 2 rings (SSSR count). The van der Waals surface area contributed by atoms with Gasteiger partial charge in [-0.15, -0.1) is 0 Å². The maximum atomic E-state index is 11.6. The number of hydrogen-bond donors (Lipinski definition) is 2. The first-order valence-corrected chi connectivity index (χ1v) is 6.72. The number of aliphatic hydroxyl groups is 1. The summed E-state index contributed by atoms with van der Waals surface area (Å²) in [6, 6.07) is 6.13. The van der Waals surface area contributed by atoms with E-state index < -0.39 is 0 Å². The molecule has 1 aromatic carbocycles. The minimum absolute atomic E-state index is 0.0110. The molecule has 1 aliphatic carbocycles. The first kappa shape index (κ1) is 13.9. The number of nitrogens with one attached hydrogen (secondary N) is 1. The summed E-state index contributed by atoms with van der Waals surface area (Å²) in [5, 5.41) is 12.0. The molecular weight excluding hydrogens is 242 g/mol. The van der Waals surface area contributed by atoms with Crippen molar-refractivity contribution in [2.75, 3.05) is 6.61 Å². The lowest BCUT2D eigenvalue weighted by Crippen LogP contribution is -2.46. The number of benzene rings is 1. The Hall–Kier alpha value is -1.55. The fourth-order valence-electron chi connectivity index (χ4n) is 2.28. The van der Waals surface area contributed by atoms with Gasteiger partial charge in [0.15, 0.2) is 0 Å². The number of amides is 1. The Morgan fingerprint density at radius 2 is 2.00 bits per heavy atom. The lowest BCUT2D eigenvalue weighted by molar-refractivity contribution is -0.123.